The largest absolute Gasteiger partial charge is 0.612 e. The topological polar surface area (TPSA) is 120 Å². The van der Waals surface area contributed by atoms with E-state index in [0.717, 1.165) is 22.2 Å². The predicted molar refractivity (Wildman–Crippen MR) is 164 cm³/mol. The van der Waals surface area contributed by atoms with Crippen LogP contribution in [0.3, 0.4) is 0 Å². The molecule has 12 heteroatoms. The summed E-state index contributed by atoms with van der Waals surface area (Å²) in [4.78, 5) is 57.0. The second-order valence-electron chi connectivity index (χ2n) is 10.9. The van der Waals surface area contributed by atoms with Gasteiger partial charge in [0.15, 0.2) is 4.90 Å². The van der Waals surface area contributed by atoms with Crippen LogP contribution in [0, 0.1) is 0 Å². The minimum atomic E-state index is -1.38. The summed E-state index contributed by atoms with van der Waals surface area (Å²) in [5, 5.41) is 3.18. The van der Waals surface area contributed by atoms with Crippen LogP contribution in [0.5, 0.6) is 0 Å². The summed E-state index contributed by atoms with van der Waals surface area (Å²) >= 11 is 5.17. The van der Waals surface area contributed by atoms with Crippen molar-refractivity contribution >= 4 is 40.4 Å². The van der Waals surface area contributed by atoms with Gasteiger partial charge in [0.1, 0.15) is 17.8 Å². The highest BCUT2D eigenvalue weighted by atomic mass is 35.5. The maximum absolute atomic E-state index is 13.4. The van der Waals surface area contributed by atoms with E-state index in [1.165, 1.54) is 17.0 Å². The molecule has 2 aromatic carbocycles. The number of urea groups is 1. The Balaban J connectivity index is 1.34. The Kier molecular flexibility index (Phi) is 8.81. The summed E-state index contributed by atoms with van der Waals surface area (Å²) in [6, 6.07) is 12.1. The molecule has 10 nitrogen and oxygen atoms in total. The second kappa shape index (κ2) is 12.4. The summed E-state index contributed by atoms with van der Waals surface area (Å²) in [6.45, 7) is 4.69. The predicted octanol–water partition coefficient (Wildman–Crippen LogP) is 3.73. The molecule has 0 bridgehead atoms. The molecule has 1 unspecified atom stereocenters. The minimum absolute atomic E-state index is 0.000863. The smallest absolute Gasteiger partial charge is 0.331 e. The number of anilines is 1. The van der Waals surface area contributed by atoms with Gasteiger partial charge in [-0.3, -0.25) is 18.7 Å². The molecule has 1 atom stereocenters. The Morgan fingerprint density at radius 2 is 1.76 bits per heavy atom. The molecule has 0 spiro atoms. The summed E-state index contributed by atoms with van der Waals surface area (Å²) in [5.41, 5.74) is 1.32. The van der Waals surface area contributed by atoms with E-state index in [1.54, 1.807) is 36.9 Å². The van der Waals surface area contributed by atoms with Crippen molar-refractivity contribution in [1.82, 2.24) is 18.9 Å². The first kappa shape index (κ1) is 29.9. The molecular weight excluding hydrogens is 578 g/mol. The molecule has 0 saturated carbocycles. The Bertz CT molecular complexity index is 1630. The van der Waals surface area contributed by atoms with E-state index in [1.807, 2.05) is 29.2 Å². The van der Waals surface area contributed by atoms with Crippen LogP contribution >= 0.6 is 11.6 Å². The van der Waals surface area contributed by atoms with Gasteiger partial charge in [0.05, 0.1) is 5.56 Å². The number of likely N-dealkylation sites (tertiary alicyclic amines) is 1. The SMILES string of the molecule is CC(C)n1c(=O)c(-c2cccc([S+](C)[O-])c2Cl)cn(CC(=O)N2CCC(N3CCc4ccccc4NC3=O)CC2)c1=O. The highest BCUT2D eigenvalue weighted by Gasteiger charge is 2.32. The minimum Gasteiger partial charge on any atom is -0.612 e. The molecule has 1 fully saturated rings. The molecule has 0 radical (unpaired) electrons. The van der Waals surface area contributed by atoms with Crippen LogP contribution < -0.4 is 16.6 Å². The molecular formula is C30H34ClN5O5S. The van der Waals surface area contributed by atoms with Gasteiger partial charge in [-0.05, 0) is 62.0 Å². The number of hydrogen-bond acceptors (Lipinski definition) is 5. The van der Waals surface area contributed by atoms with E-state index in [4.69, 9.17) is 11.6 Å². The third kappa shape index (κ3) is 5.86. The zero-order chi connectivity index (χ0) is 30.1. The van der Waals surface area contributed by atoms with E-state index in [0.29, 0.717) is 42.9 Å². The number of fused-ring (bicyclic) bond motifs is 1. The maximum Gasteiger partial charge on any atom is 0.331 e. The van der Waals surface area contributed by atoms with Crippen molar-refractivity contribution < 1.29 is 14.1 Å². The lowest BCUT2D eigenvalue weighted by molar-refractivity contribution is -0.133. The average Bonchev–Trinajstić information content (AvgIpc) is 3.12. The molecule has 2 aliphatic rings. The number of halogens is 1. The number of carbonyl (C=O) groups is 2. The second-order valence-corrected chi connectivity index (χ2v) is 12.7. The van der Waals surface area contributed by atoms with Gasteiger partial charge in [0.2, 0.25) is 5.91 Å². The van der Waals surface area contributed by atoms with E-state index in [2.05, 4.69) is 5.32 Å². The van der Waals surface area contributed by atoms with Crippen LogP contribution in [-0.2, 0) is 28.9 Å². The Labute approximate surface area is 252 Å². The van der Waals surface area contributed by atoms with Crippen LogP contribution in [0.25, 0.3) is 11.1 Å². The van der Waals surface area contributed by atoms with Crippen molar-refractivity contribution in [3.05, 3.63) is 80.1 Å². The Morgan fingerprint density at radius 1 is 1.05 bits per heavy atom. The van der Waals surface area contributed by atoms with E-state index in [9.17, 15) is 23.7 Å². The van der Waals surface area contributed by atoms with Gasteiger partial charge in [0, 0.05) is 49.2 Å². The van der Waals surface area contributed by atoms with Gasteiger partial charge < -0.3 is 19.7 Å². The van der Waals surface area contributed by atoms with Crippen molar-refractivity contribution in [3.63, 3.8) is 0 Å². The van der Waals surface area contributed by atoms with Crippen molar-refractivity contribution in [2.45, 2.75) is 56.6 Å². The quantitative estimate of drug-likeness (QED) is 0.426. The van der Waals surface area contributed by atoms with Gasteiger partial charge in [-0.1, -0.05) is 41.9 Å². The number of nitrogens with one attached hydrogen (secondary N) is 1. The van der Waals surface area contributed by atoms with E-state index < -0.39 is 28.5 Å². The molecule has 3 amide bonds. The zero-order valence-corrected chi connectivity index (χ0v) is 25.4. The van der Waals surface area contributed by atoms with Crippen LogP contribution in [0.1, 0.15) is 38.3 Å². The van der Waals surface area contributed by atoms with Gasteiger partial charge in [-0.2, -0.15) is 0 Å². The van der Waals surface area contributed by atoms with Crippen molar-refractivity contribution in [1.29, 1.82) is 0 Å². The van der Waals surface area contributed by atoms with Crippen LogP contribution in [-0.4, -0.2) is 67.4 Å². The number of rotatable bonds is 6. The van der Waals surface area contributed by atoms with Crippen LogP contribution in [0.4, 0.5) is 10.5 Å². The monoisotopic (exact) mass is 611 g/mol. The van der Waals surface area contributed by atoms with E-state index >= 15 is 0 Å². The summed E-state index contributed by atoms with van der Waals surface area (Å²) in [6.07, 6.45) is 4.87. The molecule has 0 aliphatic carbocycles. The lowest BCUT2D eigenvalue weighted by Crippen LogP contribution is -2.51. The molecule has 42 heavy (non-hydrogen) atoms. The van der Waals surface area contributed by atoms with Gasteiger partial charge >= 0.3 is 11.7 Å². The summed E-state index contributed by atoms with van der Waals surface area (Å²) in [5.74, 6) is -0.252. The summed E-state index contributed by atoms with van der Waals surface area (Å²) in [7, 11) is 0. The molecule has 1 N–H and O–H groups in total. The van der Waals surface area contributed by atoms with E-state index in [-0.39, 0.29) is 35.1 Å². The van der Waals surface area contributed by atoms with Crippen molar-refractivity contribution in [2.24, 2.45) is 0 Å². The lowest BCUT2D eigenvalue weighted by atomic mass is 10.0. The number of piperidine rings is 1. The number of nitrogens with zero attached hydrogens (tertiary/aromatic N) is 4. The molecule has 3 aromatic rings. The fourth-order valence-electron chi connectivity index (χ4n) is 5.73. The molecule has 222 valence electrons. The maximum atomic E-state index is 13.4. The first-order valence-corrected chi connectivity index (χ1v) is 15.9. The van der Waals surface area contributed by atoms with Crippen molar-refractivity contribution in [3.8, 4) is 11.1 Å². The zero-order valence-electron chi connectivity index (χ0n) is 23.8. The number of carbonyl (C=O) groups excluding carboxylic acids is 2. The number of amides is 3. The molecule has 3 heterocycles. The normalized spacial score (nSPS) is 16.7. The lowest BCUT2D eigenvalue weighted by Gasteiger charge is -2.38. The van der Waals surface area contributed by atoms with Crippen LogP contribution in [0.2, 0.25) is 5.02 Å². The van der Waals surface area contributed by atoms with Gasteiger partial charge in [-0.15, -0.1) is 0 Å². The molecule has 1 aromatic heterocycles. The number of para-hydroxylation sites is 1. The number of hydrogen-bond donors (Lipinski definition) is 1. The Morgan fingerprint density at radius 3 is 2.45 bits per heavy atom. The van der Waals surface area contributed by atoms with Gasteiger partial charge in [0.25, 0.3) is 5.56 Å². The van der Waals surface area contributed by atoms with Crippen LogP contribution in [0.15, 0.2) is 63.1 Å². The first-order valence-electron chi connectivity index (χ1n) is 14.0. The first-order chi connectivity index (χ1) is 20.1. The Hall–Kier alpha value is -3.54. The highest BCUT2D eigenvalue weighted by molar-refractivity contribution is 7.90. The van der Waals surface area contributed by atoms with Crippen molar-refractivity contribution in [2.75, 3.05) is 31.2 Å². The molecule has 5 rings (SSSR count). The highest BCUT2D eigenvalue weighted by Crippen LogP contribution is 2.31. The van der Waals surface area contributed by atoms with Gasteiger partial charge in [-0.25, -0.2) is 9.59 Å². The number of benzene rings is 2. The fraction of sp³-hybridized carbons (Fsp3) is 0.400. The standard InChI is InChI=1S/C30H34ClN5O5S/c1-19(2)36-28(38)23(22-8-6-10-25(27(22)31)42(3)41)17-34(30(36)40)18-26(37)33-14-12-21(13-15-33)35-16-11-20-7-4-5-9-24(20)32-29(35)39/h4-10,17,19,21H,11-16,18H2,1-3H3,(H,32,39). The summed E-state index contributed by atoms with van der Waals surface area (Å²) < 4.78 is 14.5. The molecule has 2 aliphatic heterocycles. The average molecular weight is 612 g/mol. The molecule has 1 saturated heterocycles. The third-order valence-electron chi connectivity index (χ3n) is 7.97. The number of aromatic nitrogens is 2. The fourth-order valence-corrected chi connectivity index (χ4v) is 6.91. The third-order valence-corrected chi connectivity index (χ3v) is 9.45.